The van der Waals surface area contributed by atoms with Gasteiger partial charge in [0.05, 0.1) is 16.7 Å². The average molecular weight is 470 g/mol. The molecule has 0 aliphatic carbocycles. The standard InChI is InChI=1S/C22H12F6O5/c23-21(24,25)14-7-3-1-5-11(14)12-6-2-4-8-15(12)33-16-10-9-13(19(29)30)17(20(31)32)18(16)22(26,27)28/h1-10H,(H,29,30)(H,31,32). The number of halogens is 6. The highest BCUT2D eigenvalue weighted by atomic mass is 19.4. The topological polar surface area (TPSA) is 83.8 Å². The first kappa shape index (κ1) is 23.6. The predicted octanol–water partition coefficient (Wildman–Crippen LogP) is 6.58. The molecule has 3 aromatic rings. The predicted molar refractivity (Wildman–Crippen MR) is 102 cm³/mol. The van der Waals surface area contributed by atoms with Gasteiger partial charge in [-0.25, -0.2) is 9.59 Å². The molecule has 0 aromatic heterocycles. The van der Waals surface area contributed by atoms with E-state index in [2.05, 4.69) is 0 Å². The zero-order chi connectivity index (χ0) is 24.6. The van der Waals surface area contributed by atoms with E-state index in [1.54, 1.807) is 0 Å². The summed E-state index contributed by atoms with van der Waals surface area (Å²) in [7, 11) is 0. The van der Waals surface area contributed by atoms with Crippen LogP contribution in [-0.2, 0) is 12.4 Å². The summed E-state index contributed by atoms with van der Waals surface area (Å²) >= 11 is 0. The van der Waals surface area contributed by atoms with Crippen LogP contribution in [0.15, 0.2) is 60.7 Å². The Morgan fingerprint density at radius 1 is 0.667 bits per heavy atom. The number of hydrogen-bond acceptors (Lipinski definition) is 3. The summed E-state index contributed by atoms with van der Waals surface area (Å²) in [6.45, 7) is 0. The van der Waals surface area contributed by atoms with E-state index in [4.69, 9.17) is 9.84 Å². The van der Waals surface area contributed by atoms with Crippen molar-refractivity contribution in [2.24, 2.45) is 0 Å². The Labute approximate surface area is 181 Å². The highest BCUT2D eigenvalue weighted by Gasteiger charge is 2.42. The monoisotopic (exact) mass is 470 g/mol. The fourth-order valence-corrected chi connectivity index (χ4v) is 3.21. The SMILES string of the molecule is O=C(O)c1ccc(Oc2ccccc2-c2ccccc2C(F)(F)F)c(C(F)(F)F)c1C(=O)O. The molecular formula is C22H12F6O5. The molecule has 0 heterocycles. The molecule has 3 aromatic carbocycles. The van der Waals surface area contributed by atoms with Gasteiger partial charge in [0.15, 0.2) is 0 Å². The Morgan fingerprint density at radius 2 is 1.24 bits per heavy atom. The molecule has 0 spiro atoms. The largest absolute Gasteiger partial charge is 0.478 e. The van der Waals surface area contributed by atoms with Crippen molar-refractivity contribution >= 4 is 11.9 Å². The molecule has 3 rings (SSSR count). The van der Waals surface area contributed by atoms with Crippen molar-refractivity contribution in [2.45, 2.75) is 12.4 Å². The Bertz CT molecular complexity index is 1230. The van der Waals surface area contributed by atoms with Crippen LogP contribution in [0.2, 0.25) is 0 Å². The average Bonchev–Trinajstić information content (AvgIpc) is 2.72. The summed E-state index contributed by atoms with van der Waals surface area (Å²) in [6.07, 6.45) is -10.1. The maximum absolute atomic E-state index is 13.8. The first-order valence-electron chi connectivity index (χ1n) is 8.96. The van der Waals surface area contributed by atoms with Crippen molar-refractivity contribution in [2.75, 3.05) is 0 Å². The van der Waals surface area contributed by atoms with Gasteiger partial charge in [0.25, 0.3) is 0 Å². The van der Waals surface area contributed by atoms with Gasteiger partial charge in [0.1, 0.15) is 17.1 Å². The van der Waals surface area contributed by atoms with Gasteiger partial charge in [-0.2, -0.15) is 26.3 Å². The van der Waals surface area contributed by atoms with E-state index < -0.39 is 58.0 Å². The Hall–Kier alpha value is -4.02. The molecule has 0 aliphatic rings. The number of carboxylic acids is 2. The summed E-state index contributed by atoms with van der Waals surface area (Å²) in [4.78, 5) is 22.8. The third kappa shape index (κ3) is 4.76. The summed E-state index contributed by atoms with van der Waals surface area (Å²) < 4.78 is 87.0. The van der Waals surface area contributed by atoms with Crippen LogP contribution in [0.4, 0.5) is 26.3 Å². The second-order valence-corrected chi connectivity index (χ2v) is 6.61. The van der Waals surface area contributed by atoms with Crippen molar-refractivity contribution in [3.05, 3.63) is 82.9 Å². The van der Waals surface area contributed by atoms with E-state index in [1.165, 1.54) is 24.3 Å². The summed E-state index contributed by atoms with van der Waals surface area (Å²) in [5, 5.41) is 18.4. The molecule has 33 heavy (non-hydrogen) atoms. The molecule has 0 aliphatic heterocycles. The van der Waals surface area contributed by atoms with E-state index in [9.17, 15) is 41.0 Å². The van der Waals surface area contributed by atoms with E-state index in [-0.39, 0.29) is 11.1 Å². The zero-order valence-corrected chi connectivity index (χ0v) is 16.2. The lowest BCUT2D eigenvalue weighted by Crippen LogP contribution is -2.19. The minimum atomic E-state index is -5.35. The molecule has 0 unspecified atom stereocenters. The molecule has 0 bridgehead atoms. The number of ether oxygens (including phenoxy) is 1. The molecule has 0 saturated carbocycles. The van der Waals surface area contributed by atoms with Gasteiger partial charge in [0, 0.05) is 5.56 Å². The van der Waals surface area contributed by atoms with Crippen molar-refractivity contribution in [1.29, 1.82) is 0 Å². The van der Waals surface area contributed by atoms with Crippen molar-refractivity contribution in [3.63, 3.8) is 0 Å². The number of alkyl halides is 6. The smallest absolute Gasteiger partial charge is 0.420 e. The van der Waals surface area contributed by atoms with Crippen LogP contribution in [0, 0.1) is 0 Å². The minimum absolute atomic E-state index is 0.210. The van der Waals surface area contributed by atoms with Gasteiger partial charge in [0.2, 0.25) is 0 Å². The lowest BCUT2D eigenvalue weighted by molar-refractivity contribution is -0.139. The molecule has 172 valence electrons. The van der Waals surface area contributed by atoms with Gasteiger partial charge in [-0.1, -0.05) is 36.4 Å². The summed E-state index contributed by atoms with van der Waals surface area (Å²) in [5.74, 6) is -5.59. The zero-order valence-electron chi connectivity index (χ0n) is 16.2. The fraction of sp³-hybridized carbons (Fsp3) is 0.0909. The van der Waals surface area contributed by atoms with E-state index in [1.807, 2.05) is 0 Å². The second kappa shape index (κ2) is 8.49. The number of carboxylic acid groups (broad SMARTS) is 2. The molecule has 0 amide bonds. The van der Waals surface area contributed by atoms with E-state index in [0.717, 1.165) is 24.3 Å². The fourth-order valence-electron chi connectivity index (χ4n) is 3.21. The first-order valence-corrected chi connectivity index (χ1v) is 8.96. The maximum Gasteiger partial charge on any atom is 0.420 e. The number of para-hydroxylation sites is 1. The molecule has 2 N–H and O–H groups in total. The van der Waals surface area contributed by atoms with Crippen molar-refractivity contribution in [1.82, 2.24) is 0 Å². The van der Waals surface area contributed by atoms with Crippen molar-refractivity contribution < 1.29 is 50.9 Å². The molecule has 0 atom stereocenters. The summed E-state index contributed by atoms with van der Waals surface area (Å²) in [5.41, 5.74) is -6.22. The number of hydrogen-bond donors (Lipinski definition) is 2. The molecule has 11 heteroatoms. The highest BCUT2D eigenvalue weighted by molar-refractivity contribution is 6.03. The Balaban J connectivity index is 2.25. The van der Waals surface area contributed by atoms with Crippen LogP contribution in [-0.4, -0.2) is 22.2 Å². The van der Waals surface area contributed by atoms with E-state index >= 15 is 0 Å². The molecule has 0 radical (unpaired) electrons. The molecule has 0 fully saturated rings. The van der Waals surface area contributed by atoms with Gasteiger partial charge in [-0.05, 0) is 29.8 Å². The third-order valence-corrected chi connectivity index (χ3v) is 4.52. The van der Waals surface area contributed by atoms with Crippen molar-refractivity contribution in [3.8, 4) is 22.6 Å². The Morgan fingerprint density at radius 3 is 1.79 bits per heavy atom. The normalized spacial score (nSPS) is 11.8. The lowest BCUT2D eigenvalue weighted by Gasteiger charge is -2.20. The van der Waals surface area contributed by atoms with Crippen LogP contribution in [0.1, 0.15) is 31.8 Å². The quantitative estimate of drug-likeness (QED) is 0.412. The lowest BCUT2D eigenvalue weighted by atomic mass is 9.97. The van der Waals surface area contributed by atoms with Crippen LogP contribution >= 0.6 is 0 Å². The Kier molecular flexibility index (Phi) is 6.08. The number of benzene rings is 3. The molecular weight excluding hydrogens is 458 g/mol. The highest BCUT2D eigenvalue weighted by Crippen LogP contribution is 2.45. The molecule has 0 saturated heterocycles. The van der Waals surface area contributed by atoms with Crippen LogP contribution in [0.25, 0.3) is 11.1 Å². The second-order valence-electron chi connectivity index (χ2n) is 6.61. The minimum Gasteiger partial charge on any atom is -0.478 e. The number of rotatable bonds is 5. The van der Waals surface area contributed by atoms with Gasteiger partial charge in [-0.15, -0.1) is 0 Å². The number of carbonyl (C=O) groups is 2. The maximum atomic E-state index is 13.8. The van der Waals surface area contributed by atoms with Crippen LogP contribution in [0.3, 0.4) is 0 Å². The van der Waals surface area contributed by atoms with E-state index in [0.29, 0.717) is 12.1 Å². The number of aromatic carboxylic acids is 2. The van der Waals surface area contributed by atoms with Gasteiger partial charge in [-0.3, -0.25) is 0 Å². The summed E-state index contributed by atoms with van der Waals surface area (Å²) in [6, 6.07) is 10.5. The first-order chi connectivity index (χ1) is 15.3. The van der Waals surface area contributed by atoms with Gasteiger partial charge < -0.3 is 14.9 Å². The molecule has 5 nitrogen and oxygen atoms in total. The van der Waals surface area contributed by atoms with Crippen LogP contribution in [0.5, 0.6) is 11.5 Å². The van der Waals surface area contributed by atoms with Crippen LogP contribution < -0.4 is 4.74 Å². The van der Waals surface area contributed by atoms with Gasteiger partial charge >= 0.3 is 24.3 Å². The third-order valence-electron chi connectivity index (χ3n) is 4.52.